The van der Waals surface area contributed by atoms with Crippen LogP contribution in [-0.2, 0) is 27.1 Å². The third kappa shape index (κ3) is 10.8. The van der Waals surface area contributed by atoms with Gasteiger partial charge in [0.15, 0.2) is 5.58 Å². The average molecular weight is 1200 g/mol. The van der Waals surface area contributed by atoms with Crippen LogP contribution in [0.1, 0.15) is 149 Å². The number of rotatable bonds is 8. The van der Waals surface area contributed by atoms with Crippen molar-refractivity contribution in [1.82, 2.24) is 24.1 Å². The fourth-order valence-electron chi connectivity index (χ4n) is 13.3. The molecule has 0 saturated carbocycles. The minimum atomic E-state index is -0.390. The number of hydrogen-bond acceptors (Lipinski definition) is 5. The highest BCUT2D eigenvalue weighted by atomic mass is 16.3. The average Bonchev–Trinajstić information content (AvgIpc) is 1.59. The van der Waals surface area contributed by atoms with Crippen LogP contribution >= 0.6 is 0 Å². The molecule has 0 unspecified atom stereocenters. The second-order valence-electron chi connectivity index (χ2n) is 30.6. The summed E-state index contributed by atoms with van der Waals surface area (Å²) in [6.07, 6.45) is 0. The van der Waals surface area contributed by atoms with Gasteiger partial charge in [-0.1, -0.05) is 219 Å². The van der Waals surface area contributed by atoms with Crippen LogP contribution < -0.4 is 0 Å². The molecule has 0 bridgehead atoms. The lowest BCUT2D eigenvalue weighted by Gasteiger charge is -2.28. The van der Waals surface area contributed by atoms with E-state index in [-0.39, 0.29) is 27.4 Å². The number of imidazole rings is 2. The minimum absolute atomic E-state index is 0.0806. The Morgan fingerprint density at radius 2 is 0.978 bits per heavy atom. The molecule has 4 aromatic heterocycles. The number of hydrogen-bond donors (Lipinski definition) is 1. The number of aryl methyl sites for hydroxylation is 3. The van der Waals surface area contributed by atoms with Crippen molar-refractivity contribution in [2.45, 2.75) is 152 Å². The quantitative estimate of drug-likeness (QED) is 0.164. The smallest absolute Gasteiger partial charge is 0.161 e. The molecule has 0 aliphatic carbocycles. The molecule has 0 radical (unpaired) electrons. The highest BCUT2D eigenvalue weighted by Gasteiger charge is 2.32. The number of phenolic OH excluding ortho intramolecular Hbond substituents is 1. The van der Waals surface area contributed by atoms with Crippen LogP contribution in [0.2, 0.25) is 0 Å². The van der Waals surface area contributed by atoms with Crippen LogP contribution in [-0.4, -0.2) is 29.2 Å². The van der Waals surface area contributed by atoms with Crippen molar-refractivity contribution in [3.63, 3.8) is 0 Å². The molecule has 0 spiro atoms. The zero-order valence-electron chi connectivity index (χ0n) is 56.4. The summed E-state index contributed by atoms with van der Waals surface area (Å²) in [5, 5.41) is 15.1. The van der Waals surface area contributed by atoms with Crippen molar-refractivity contribution < 1.29 is 9.52 Å². The SMILES string of the molecule is Cc1cc(-c2cc(-c3nc4ccc5c6ccc(C(C)(C)C)cc6oc5c4n3-c3c(-c4ccccc4)cccc3-c3ccccc3)cc(C(C)(C)C)c2)c2nc(-c3cc(C(C)(C)C)cc(C(C)(C)C)c3O)n(-c3ccc(C(C)(C)C)cc3-c3ccc(C)nc3C)c2c1. The Kier molecular flexibility index (Phi) is 14.4. The molecule has 0 saturated heterocycles. The second-order valence-corrected chi connectivity index (χ2v) is 30.6. The summed E-state index contributed by atoms with van der Waals surface area (Å²) in [5.41, 5.74) is 24.4. The van der Waals surface area contributed by atoms with Gasteiger partial charge in [0.2, 0.25) is 0 Å². The van der Waals surface area contributed by atoms with Gasteiger partial charge in [0.1, 0.15) is 28.5 Å². The summed E-state index contributed by atoms with van der Waals surface area (Å²) in [4.78, 5) is 16.8. The van der Waals surface area contributed by atoms with Gasteiger partial charge in [-0.15, -0.1) is 0 Å². The van der Waals surface area contributed by atoms with Gasteiger partial charge >= 0.3 is 0 Å². The van der Waals surface area contributed by atoms with E-state index in [4.69, 9.17) is 19.4 Å². The molecule has 458 valence electrons. The first kappa shape index (κ1) is 60.6. The molecule has 0 aliphatic rings. The molecular formula is C84H85N5O2. The normalized spacial score (nSPS) is 12.8. The van der Waals surface area contributed by atoms with Crippen LogP contribution in [0.3, 0.4) is 0 Å². The molecule has 4 heterocycles. The lowest BCUT2D eigenvalue weighted by atomic mass is 9.79. The number of furan rings is 1. The van der Waals surface area contributed by atoms with E-state index in [0.717, 1.165) is 145 Å². The fraction of sp³-hybridized carbons (Fsp3) is 0.274. The van der Waals surface area contributed by atoms with E-state index < -0.39 is 5.41 Å². The molecule has 7 nitrogen and oxygen atoms in total. The molecule has 13 aromatic rings. The third-order valence-electron chi connectivity index (χ3n) is 18.5. The van der Waals surface area contributed by atoms with Crippen molar-refractivity contribution >= 4 is 44.0 Å². The first-order valence-electron chi connectivity index (χ1n) is 32.2. The van der Waals surface area contributed by atoms with Crippen molar-refractivity contribution in [3.8, 4) is 84.4 Å². The first-order chi connectivity index (χ1) is 42.9. The maximum absolute atomic E-state index is 13.0. The molecule has 9 aromatic carbocycles. The Bertz CT molecular complexity index is 4980. The number of aromatic nitrogens is 5. The third-order valence-corrected chi connectivity index (χ3v) is 18.5. The van der Waals surface area contributed by atoms with Gasteiger partial charge in [-0.05, 0) is 159 Å². The van der Waals surface area contributed by atoms with E-state index in [0.29, 0.717) is 11.4 Å². The topological polar surface area (TPSA) is 81.9 Å². The van der Waals surface area contributed by atoms with Crippen LogP contribution in [0.15, 0.2) is 186 Å². The Morgan fingerprint density at radius 3 is 1.59 bits per heavy atom. The molecule has 0 fully saturated rings. The van der Waals surface area contributed by atoms with Crippen molar-refractivity contribution in [2.75, 3.05) is 0 Å². The van der Waals surface area contributed by atoms with Gasteiger partial charge in [-0.25, -0.2) is 9.97 Å². The van der Waals surface area contributed by atoms with E-state index in [1.54, 1.807) is 0 Å². The van der Waals surface area contributed by atoms with Crippen molar-refractivity contribution in [3.05, 3.63) is 227 Å². The Labute approximate surface area is 537 Å². The number of para-hydroxylation sites is 1. The number of pyridine rings is 1. The van der Waals surface area contributed by atoms with Crippen molar-refractivity contribution in [1.29, 1.82) is 0 Å². The summed E-state index contributed by atoms with van der Waals surface area (Å²) in [6.45, 7) is 40.1. The maximum Gasteiger partial charge on any atom is 0.161 e. The highest BCUT2D eigenvalue weighted by molar-refractivity contribution is 6.15. The van der Waals surface area contributed by atoms with Gasteiger partial charge in [-0.3, -0.25) is 14.1 Å². The molecule has 7 heteroatoms. The van der Waals surface area contributed by atoms with Gasteiger partial charge in [-0.2, -0.15) is 0 Å². The second kappa shape index (κ2) is 21.7. The molecule has 0 amide bonds. The Morgan fingerprint density at radius 1 is 0.396 bits per heavy atom. The van der Waals surface area contributed by atoms with Crippen LogP contribution in [0.25, 0.3) is 123 Å². The lowest BCUT2D eigenvalue weighted by molar-refractivity contribution is 0.446. The van der Waals surface area contributed by atoms with E-state index in [9.17, 15) is 5.11 Å². The number of benzene rings is 9. The molecule has 0 atom stereocenters. The van der Waals surface area contributed by atoms with Gasteiger partial charge in [0.05, 0.1) is 33.5 Å². The zero-order chi connectivity index (χ0) is 64.6. The minimum Gasteiger partial charge on any atom is -0.507 e. The summed E-state index contributed by atoms with van der Waals surface area (Å²) in [7, 11) is 0. The van der Waals surface area contributed by atoms with Crippen LogP contribution in [0.5, 0.6) is 5.75 Å². The summed E-state index contributed by atoms with van der Waals surface area (Å²) < 4.78 is 12.0. The standard InChI is InChI=1S/C84H85N5O2/c1-49-40-65(73-71(41-49)88(79(87-73)67-46-59(83(13,14)15)47-68(76(67)90)84(16,17)18)70-39-34-56(80(4,5)6)45-66(70)60-35-32-50(2)85-51(60)3)54-42-55(44-58(43-54)82(10,11)12)78-86-69-38-37-64-63-36-33-57(81(7,8)9)48-72(63)91-77(64)75(69)89(78)74-61(52-26-21-19-22-27-52)30-25-31-62(74)53-28-23-20-24-29-53/h19-48,90H,1-18H3. The van der Waals surface area contributed by atoms with Crippen LogP contribution in [0, 0.1) is 20.8 Å². The summed E-state index contributed by atoms with van der Waals surface area (Å²) in [5.74, 6) is 1.67. The zero-order valence-corrected chi connectivity index (χ0v) is 56.4. The monoisotopic (exact) mass is 1200 g/mol. The predicted molar refractivity (Wildman–Crippen MR) is 383 cm³/mol. The molecule has 13 rings (SSSR count). The molecule has 91 heavy (non-hydrogen) atoms. The Hall–Kier alpha value is -9.33. The van der Waals surface area contributed by atoms with E-state index in [2.05, 4.69) is 316 Å². The van der Waals surface area contributed by atoms with Gasteiger partial charge < -0.3 is 9.52 Å². The largest absolute Gasteiger partial charge is 0.507 e. The molecule has 1 N–H and O–H groups in total. The number of aromatic hydroxyl groups is 1. The first-order valence-corrected chi connectivity index (χ1v) is 32.2. The number of nitrogens with zero attached hydrogens (tertiary/aromatic N) is 5. The van der Waals surface area contributed by atoms with E-state index >= 15 is 0 Å². The van der Waals surface area contributed by atoms with Crippen molar-refractivity contribution in [2.24, 2.45) is 0 Å². The van der Waals surface area contributed by atoms with Gasteiger partial charge in [0.25, 0.3) is 0 Å². The highest BCUT2D eigenvalue weighted by Crippen LogP contribution is 2.49. The maximum atomic E-state index is 13.0. The number of phenols is 1. The summed E-state index contributed by atoms with van der Waals surface area (Å²) in [6, 6.07) is 66.4. The molecule has 0 aliphatic heterocycles. The van der Waals surface area contributed by atoms with E-state index in [1.165, 1.54) is 11.1 Å². The van der Waals surface area contributed by atoms with E-state index in [1.807, 2.05) is 0 Å². The summed E-state index contributed by atoms with van der Waals surface area (Å²) >= 11 is 0. The predicted octanol–water partition coefficient (Wildman–Crippen LogP) is 22.8. The fourth-order valence-corrected chi connectivity index (χ4v) is 13.3. The number of fused-ring (bicyclic) bond motifs is 6. The molecular weight excluding hydrogens is 1110 g/mol. The van der Waals surface area contributed by atoms with Crippen LogP contribution in [0.4, 0.5) is 0 Å². The lowest BCUT2D eigenvalue weighted by Crippen LogP contribution is -2.17. The van der Waals surface area contributed by atoms with Gasteiger partial charge in [0, 0.05) is 61.1 Å². The Balaban J connectivity index is 1.17.